The van der Waals surface area contributed by atoms with E-state index in [1.54, 1.807) is 7.05 Å². The molecule has 5 N–H and O–H groups in total. The lowest BCUT2D eigenvalue weighted by atomic mass is 10.0. The highest BCUT2D eigenvalue weighted by Crippen LogP contribution is 2.38. The molecule has 360 valence electrons. The Morgan fingerprint density at radius 3 is 1.29 bits per heavy atom. The van der Waals surface area contributed by atoms with Crippen LogP contribution in [0.4, 0.5) is 28.7 Å². The fraction of sp³-hybridized carbons (Fsp3) is 0.254. The summed E-state index contributed by atoms with van der Waals surface area (Å²) in [7, 11) is 3.48. The molecular weight excluding hydrogens is 899 g/mol. The van der Waals surface area contributed by atoms with Gasteiger partial charge in [-0.1, -0.05) is 198 Å². The van der Waals surface area contributed by atoms with Crippen molar-refractivity contribution in [3.63, 3.8) is 0 Å². The predicted molar refractivity (Wildman–Crippen MR) is 306 cm³/mol. The summed E-state index contributed by atoms with van der Waals surface area (Å²) in [5.74, 6) is 2.82. The number of aromatic nitrogens is 2. The SMILES string of the molecule is CC(C)CNc1c(N)c(N(Cc2ccccc2)Cc2ccccc2)nc2ccccc12.CN=C=S.CNC(=S)Cc1c(N(Cc2ccccc2)Cc2ccccc2)nc2ccccc2c1NCC(C)C. The first-order valence-corrected chi connectivity index (χ1v) is 24.8. The van der Waals surface area contributed by atoms with E-state index in [0.29, 0.717) is 23.9 Å². The van der Waals surface area contributed by atoms with Gasteiger partial charge < -0.3 is 31.5 Å². The Bertz CT molecular complexity index is 2830. The van der Waals surface area contributed by atoms with Gasteiger partial charge in [-0.15, -0.1) is 0 Å². The highest BCUT2D eigenvalue weighted by atomic mass is 32.1. The van der Waals surface area contributed by atoms with Crippen molar-refractivity contribution in [1.82, 2.24) is 15.3 Å². The molecule has 0 atom stereocenters. The van der Waals surface area contributed by atoms with Crippen LogP contribution in [0, 0.1) is 11.8 Å². The zero-order chi connectivity index (χ0) is 49.7. The molecule has 8 rings (SSSR count). The number of hydrogen-bond donors (Lipinski definition) is 4. The van der Waals surface area contributed by atoms with Crippen LogP contribution < -0.4 is 31.5 Å². The molecule has 0 aliphatic carbocycles. The number of thiocarbonyl (C=S) groups is 2. The van der Waals surface area contributed by atoms with Crippen molar-refractivity contribution in [3.8, 4) is 0 Å². The maximum atomic E-state index is 6.78. The van der Waals surface area contributed by atoms with Crippen molar-refractivity contribution in [3.05, 3.63) is 198 Å². The number of rotatable bonds is 18. The third kappa shape index (κ3) is 15.2. The number of nitrogens with zero attached hydrogens (tertiary/aromatic N) is 5. The molecule has 8 aromatic rings. The monoisotopic (exact) mass is 965 g/mol. The van der Waals surface area contributed by atoms with E-state index >= 15 is 0 Å². The van der Waals surface area contributed by atoms with Crippen LogP contribution in [0.1, 0.15) is 55.5 Å². The van der Waals surface area contributed by atoms with Crippen LogP contribution in [0.25, 0.3) is 21.8 Å². The van der Waals surface area contributed by atoms with Gasteiger partial charge in [0.25, 0.3) is 0 Å². The molecule has 0 saturated heterocycles. The summed E-state index contributed by atoms with van der Waals surface area (Å²) in [6, 6.07) is 58.8. The van der Waals surface area contributed by atoms with Crippen LogP contribution in [0.5, 0.6) is 0 Å². The summed E-state index contributed by atoms with van der Waals surface area (Å²) >= 11 is 9.81. The Morgan fingerprint density at radius 1 is 0.557 bits per heavy atom. The van der Waals surface area contributed by atoms with Crippen molar-refractivity contribution >= 4 is 85.1 Å². The fourth-order valence-corrected chi connectivity index (χ4v) is 8.15. The number of likely N-dealkylation sites (N-methyl/N-ethyl adjacent to an activating group) is 1. The predicted octanol–water partition coefficient (Wildman–Crippen LogP) is 13.4. The highest BCUT2D eigenvalue weighted by Gasteiger charge is 2.23. The first kappa shape index (κ1) is 52.2. The van der Waals surface area contributed by atoms with Gasteiger partial charge >= 0.3 is 0 Å². The number of para-hydroxylation sites is 2. The minimum atomic E-state index is 0.513. The van der Waals surface area contributed by atoms with E-state index in [1.807, 2.05) is 31.3 Å². The van der Waals surface area contributed by atoms with E-state index in [0.717, 1.165) is 94.6 Å². The van der Waals surface area contributed by atoms with Gasteiger partial charge in [-0.2, -0.15) is 0 Å². The van der Waals surface area contributed by atoms with Gasteiger partial charge in [0.1, 0.15) is 5.82 Å². The van der Waals surface area contributed by atoms with E-state index in [2.05, 4.69) is 221 Å². The molecule has 0 unspecified atom stereocenters. The van der Waals surface area contributed by atoms with Crippen molar-refractivity contribution in [2.45, 2.75) is 60.3 Å². The molecule has 9 nitrogen and oxygen atoms in total. The molecular formula is C59H67N9S2. The molecule has 0 aliphatic heterocycles. The van der Waals surface area contributed by atoms with Gasteiger partial charge in [0, 0.05) is 76.1 Å². The lowest BCUT2D eigenvalue weighted by Gasteiger charge is -2.29. The number of anilines is 5. The highest BCUT2D eigenvalue weighted by molar-refractivity contribution is 7.80. The molecule has 0 bridgehead atoms. The van der Waals surface area contributed by atoms with Gasteiger partial charge in [0.15, 0.2) is 5.82 Å². The van der Waals surface area contributed by atoms with Gasteiger partial charge in [0.05, 0.1) is 38.2 Å². The summed E-state index contributed by atoms with van der Waals surface area (Å²) in [5.41, 5.74) is 17.6. The minimum Gasteiger partial charge on any atom is -0.394 e. The largest absolute Gasteiger partial charge is 0.394 e. The molecule has 0 amide bonds. The number of benzene rings is 6. The maximum Gasteiger partial charge on any atom is 0.155 e. The summed E-state index contributed by atoms with van der Waals surface area (Å²) in [4.78, 5) is 19.0. The standard InChI is InChI=1S/C30H34N4S.C27H30N4.C2H3NS/c1-22(2)19-32-29-25-16-10-11-17-27(25)33-30(26(29)18-28(35)31-3)34(20-23-12-6-4-7-13-23)21-24-14-8-5-9-15-24;1-20(2)17-29-26-23-15-9-10-16-24(23)30-27(25(26)28)31(18-21-11-5-3-6-12-21)19-22-13-7-4-8-14-22;1-3-2-4/h4-17,22H,18-21H2,1-3H3,(H,31,35)(H,32,33);3-16,20H,17-19,28H2,1-2H3,(H,29,30);1H3. The molecule has 6 aromatic carbocycles. The third-order valence-electron chi connectivity index (χ3n) is 11.4. The summed E-state index contributed by atoms with van der Waals surface area (Å²) in [6.07, 6.45) is 0.625. The second-order valence-corrected chi connectivity index (χ2v) is 18.6. The van der Waals surface area contributed by atoms with Crippen LogP contribution in [0.2, 0.25) is 0 Å². The smallest absolute Gasteiger partial charge is 0.155 e. The van der Waals surface area contributed by atoms with Crippen LogP contribution in [-0.2, 0) is 32.6 Å². The van der Waals surface area contributed by atoms with Gasteiger partial charge in [-0.05, 0) is 58.4 Å². The number of nitrogen functional groups attached to an aromatic ring is 1. The van der Waals surface area contributed by atoms with Crippen LogP contribution >= 0.6 is 24.4 Å². The number of nitrogens with one attached hydrogen (secondary N) is 3. The van der Waals surface area contributed by atoms with Gasteiger partial charge in [-0.3, -0.25) is 0 Å². The Morgan fingerprint density at radius 2 is 0.900 bits per heavy atom. The van der Waals surface area contributed by atoms with E-state index in [1.165, 1.54) is 22.3 Å². The third-order valence-corrected chi connectivity index (χ3v) is 12.0. The lowest BCUT2D eigenvalue weighted by Crippen LogP contribution is -2.27. The molecule has 2 aromatic heterocycles. The van der Waals surface area contributed by atoms with E-state index in [4.69, 9.17) is 27.9 Å². The van der Waals surface area contributed by atoms with Gasteiger partial charge in [0.2, 0.25) is 0 Å². The zero-order valence-corrected chi connectivity index (χ0v) is 43.0. The average molecular weight is 966 g/mol. The van der Waals surface area contributed by atoms with E-state index < -0.39 is 0 Å². The molecule has 0 saturated carbocycles. The summed E-state index contributed by atoms with van der Waals surface area (Å²) in [6.45, 7) is 13.6. The normalized spacial score (nSPS) is 10.6. The Hall–Kier alpha value is -7.17. The number of isothiocyanates is 1. The molecule has 0 aliphatic rings. The van der Waals surface area contributed by atoms with Gasteiger partial charge in [-0.25, -0.2) is 15.0 Å². The Balaban J connectivity index is 0.000000215. The fourth-order valence-electron chi connectivity index (χ4n) is 8.00. The van der Waals surface area contributed by atoms with Crippen LogP contribution in [0.3, 0.4) is 0 Å². The number of pyridine rings is 2. The summed E-state index contributed by atoms with van der Waals surface area (Å²) < 4.78 is 0. The lowest BCUT2D eigenvalue weighted by molar-refractivity contribution is 0.688. The maximum absolute atomic E-state index is 6.78. The molecule has 0 radical (unpaired) electrons. The van der Waals surface area contributed by atoms with Crippen molar-refractivity contribution < 1.29 is 0 Å². The molecule has 0 fully saturated rings. The first-order chi connectivity index (χ1) is 34.1. The number of aliphatic imine (C=N–C) groups is 1. The molecule has 70 heavy (non-hydrogen) atoms. The second-order valence-electron chi connectivity index (χ2n) is 17.9. The molecule has 0 spiro atoms. The number of nitrogens with two attached hydrogens (primary N) is 1. The molecule has 2 heterocycles. The van der Waals surface area contributed by atoms with Crippen molar-refractivity contribution in [2.24, 2.45) is 16.8 Å². The Kier molecular flexibility index (Phi) is 20.2. The first-order valence-electron chi connectivity index (χ1n) is 24.0. The number of hydrogen-bond acceptors (Lipinski definition) is 10. The Labute approximate surface area is 426 Å². The second kappa shape index (κ2) is 27.1. The van der Waals surface area contributed by atoms with Crippen LogP contribution in [0.15, 0.2) is 175 Å². The topological polar surface area (TPSA) is 107 Å². The van der Waals surface area contributed by atoms with Crippen molar-refractivity contribution in [1.29, 1.82) is 0 Å². The van der Waals surface area contributed by atoms with Crippen molar-refractivity contribution in [2.75, 3.05) is 53.4 Å². The van der Waals surface area contributed by atoms with E-state index in [9.17, 15) is 0 Å². The average Bonchev–Trinajstić information content (AvgIpc) is 3.38. The van der Waals surface area contributed by atoms with Crippen LogP contribution in [-0.4, -0.2) is 47.3 Å². The van der Waals surface area contributed by atoms with E-state index in [-0.39, 0.29) is 0 Å². The summed E-state index contributed by atoms with van der Waals surface area (Å²) in [5, 5.41) is 14.8. The number of fused-ring (bicyclic) bond motifs is 2. The molecule has 11 heteroatoms. The zero-order valence-electron chi connectivity index (χ0n) is 41.4. The quantitative estimate of drug-likeness (QED) is 0.0491. The minimum absolute atomic E-state index is 0.513.